The standard InChI is InChI=1S/C12H6ClF4N/c13-11-6-8(12(15,16)17)5-10(18-11)7-2-1-3-9(14)4-7/h1-6H. The average molecular weight is 276 g/mol. The van der Waals surface area contributed by atoms with Crippen LogP contribution in [0.2, 0.25) is 5.15 Å². The van der Waals surface area contributed by atoms with Crippen molar-refractivity contribution in [1.29, 1.82) is 0 Å². The molecule has 2 aromatic rings. The molecule has 0 amide bonds. The molecule has 6 heteroatoms. The van der Waals surface area contributed by atoms with E-state index in [1.165, 1.54) is 18.2 Å². The molecule has 0 aliphatic carbocycles. The minimum absolute atomic E-state index is 0.0191. The lowest BCUT2D eigenvalue weighted by atomic mass is 10.1. The highest BCUT2D eigenvalue weighted by molar-refractivity contribution is 6.29. The summed E-state index contributed by atoms with van der Waals surface area (Å²) in [6, 6.07) is 6.70. The first-order chi connectivity index (χ1) is 8.36. The topological polar surface area (TPSA) is 12.9 Å². The van der Waals surface area contributed by atoms with Gasteiger partial charge >= 0.3 is 6.18 Å². The van der Waals surface area contributed by atoms with Crippen molar-refractivity contribution in [3.8, 4) is 11.3 Å². The third-order valence-corrected chi connectivity index (χ3v) is 2.44. The van der Waals surface area contributed by atoms with Gasteiger partial charge in [0.05, 0.1) is 11.3 Å². The molecular formula is C12H6ClF4N. The van der Waals surface area contributed by atoms with Crippen LogP contribution in [0.1, 0.15) is 5.56 Å². The van der Waals surface area contributed by atoms with Crippen molar-refractivity contribution in [2.75, 3.05) is 0 Å². The van der Waals surface area contributed by atoms with Crippen molar-refractivity contribution in [3.63, 3.8) is 0 Å². The Morgan fingerprint density at radius 2 is 1.78 bits per heavy atom. The number of alkyl halides is 3. The molecule has 0 saturated carbocycles. The Morgan fingerprint density at radius 1 is 1.06 bits per heavy atom. The minimum atomic E-state index is -4.52. The van der Waals surface area contributed by atoms with Crippen LogP contribution in [0.3, 0.4) is 0 Å². The Balaban J connectivity index is 2.55. The normalized spacial score (nSPS) is 11.6. The number of rotatable bonds is 1. The molecule has 1 aromatic heterocycles. The van der Waals surface area contributed by atoms with Crippen molar-refractivity contribution in [1.82, 2.24) is 4.98 Å². The lowest BCUT2D eigenvalue weighted by Crippen LogP contribution is -2.05. The fraction of sp³-hybridized carbons (Fsp3) is 0.0833. The van der Waals surface area contributed by atoms with E-state index >= 15 is 0 Å². The number of pyridine rings is 1. The van der Waals surface area contributed by atoms with Crippen LogP contribution in [-0.2, 0) is 6.18 Å². The first-order valence-corrected chi connectivity index (χ1v) is 5.25. The second-order valence-electron chi connectivity index (χ2n) is 3.57. The second kappa shape index (κ2) is 4.57. The van der Waals surface area contributed by atoms with Gasteiger partial charge in [0.1, 0.15) is 11.0 Å². The van der Waals surface area contributed by atoms with Gasteiger partial charge in [0.15, 0.2) is 0 Å². The summed E-state index contributed by atoms with van der Waals surface area (Å²) >= 11 is 5.54. The molecule has 1 aromatic carbocycles. The van der Waals surface area contributed by atoms with Crippen LogP contribution < -0.4 is 0 Å². The van der Waals surface area contributed by atoms with Gasteiger partial charge in [-0.15, -0.1) is 0 Å². The summed E-state index contributed by atoms with van der Waals surface area (Å²) in [6.07, 6.45) is -4.52. The molecule has 0 radical (unpaired) electrons. The van der Waals surface area contributed by atoms with Crippen molar-refractivity contribution in [3.05, 3.63) is 52.9 Å². The molecule has 1 nitrogen and oxygen atoms in total. The minimum Gasteiger partial charge on any atom is -0.236 e. The summed E-state index contributed by atoms with van der Waals surface area (Å²) in [7, 11) is 0. The highest BCUT2D eigenvalue weighted by Crippen LogP contribution is 2.33. The summed E-state index contributed by atoms with van der Waals surface area (Å²) in [5.74, 6) is -0.553. The predicted molar refractivity (Wildman–Crippen MR) is 59.6 cm³/mol. The monoisotopic (exact) mass is 275 g/mol. The van der Waals surface area contributed by atoms with Crippen LogP contribution in [0, 0.1) is 5.82 Å². The zero-order chi connectivity index (χ0) is 13.3. The fourth-order valence-corrected chi connectivity index (χ4v) is 1.66. The molecule has 2 rings (SSSR count). The largest absolute Gasteiger partial charge is 0.416 e. The summed E-state index contributed by atoms with van der Waals surface area (Å²) in [6.45, 7) is 0. The van der Waals surface area contributed by atoms with Crippen LogP contribution in [0.5, 0.6) is 0 Å². The molecule has 0 fully saturated rings. The Morgan fingerprint density at radius 3 is 2.39 bits per heavy atom. The molecule has 18 heavy (non-hydrogen) atoms. The smallest absolute Gasteiger partial charge is 0.236 e. The first-order valence-electron chi connectivity index (χ1n) is 4.87. The quantitative estimate of drug-likeness (QED) is 0.549. The molecule has 0 N–H and O–H groups in total. The fourth-order valence-electron chi connectivity index (χ4n) is 1.46. The van der Waals surface area contributed by atoms with Crippen molar-refractivity contribution in [2.45, 2.75) is 6.18 Å². The summed E-state index contributed by atoms with van der Waals surface area (Å²) in [5, 5.41) is -0.288. The molecule has 94 valence electrons. The molecule has 0 saturated heterocycles. The van der Waals surface area contributed by atoms with E-state index in [0.29, 0.717) is 0 Å². The zero-order valence-corrected chi connectivity index (χ0v) is 9.56. The lowest BCUT2D eigenvalue weighted by Gasteiger charge is -2.09. The van der Waals surface area contributed by atoms with Gasteiger partial charge in [-0.1, -0.05) is 23.7 Å². The van der Waals surface area contributed by atoms with Gasteiger partial charge in [0.25, 0.3) is 0 Å². The van der Waals surface area contributed by atoms with Crippen LogP contribution >= 0.6 is 11.6 Å². The number of benzene rings is 1. The Labute approximate surface area is 105 Å². The molecule has 1 heterocycles. The number of hydrogen-bond donors (Lipinski definition) is 0. The van der Waals surface area contributed by atoms with Crippen LogP contribution in [0.15, 0.2) is 36.4 Å². The van der Waals surface area contributed by atoms with Crippen molar-refractivity contribution >= 4 is 11.6 Å². The van der Waals surface area contributed by atoms with Crippen molar-refractivity contribution < 1.29 is 17.6 Å². The average Bonchev–Trinajstić information content (AvgIpc) is 2.27. The third-order valence-electron chi connectivity index (χ3n) is 2.24. The third kappa shape index (κ3) is 2.79. The van der Waals surface area contributed by atoms with E-state index < -0.39 is 17.6 Å². The van der Waals surface area contributed by atoms with Gasteiger partial charge in [-0.2, -0.15) is 13.2 Å². The highest BCUT2D eigenvalue weighted by atomic mass is 35.5. The summed E-state index contributed by atoms with van der Waals surface area (Å²) in [4.78, 5) is 3.76. The number of hydrogen-bond acceptors (Lipinski definition) is 1. The number of aromatic nitrogens is 1. The van der Waals surface area contributed by atoms with Crippen molar-refractivity contribution in [2.24, 2.45) is 0 Å². The lowest BCUT2D eigenvalue weighted by molar-refractivity contribution is -0.137. The molecule has 0 aliphatic heterocycles. The second-order valence-corrected chi connectivity index (χ2v) is 3.96. The van der Waals surface area contributed by atoms with Gasteiger partial charge in [0, 0.05) is 5.56 Å². The van der Waals surface area contributed by atoms with E-state index in [-0.39, 0.29) is 16.4 Å². The van der Waals surface area contributed by atoms with E-state index in [4.69, 9.17) is 11.6 Å². The summed E-state index contributed by atoms with van der Waals surface area (Å²) in [5.41, 5.74) is -0.695. The van der Waals surface area contributed by atoms with E-state index in [9.17, 15) is 17.6 Å². The van der Waals surface area contributed by atoms with Crippen LogP contribution in [0.25, 0.3) is 11.3 Å². The van der Waals surface area contributed by atoms with Gasteiger partial charge in [0.2, 0.25) is 0 Å². The zero-order valence-electron chi connectivity index (χ0n) is 8.80. The maximum atomic E-state index is 13.0. The maximum absolute atomic E-state index is 13.0. The molecule has 0 bridgehead atoms. The Kier molecular flexibility index (Phi) is 3.26. The molecule has 0 spiro atoms. The summed E-state index contributed by atoms with van der Waals surface area (Å²) < 4.78 is 50.8. The van der Waals surface area contributed by atoms with E-state index in [1.54, 1.807) is 0 Å². The number of nitrogens with zero attached hydrogens (tertiary/aromatic N) is 1. The molecule has 0 aliphatic rings. The maximum Gasteiger partial charge on any atom is 0.416 e. The Hall–Kier alpha value is -1.62. The molecular weight excluding hydrogens is 270 g/mol. The van der Waals surface area contributed by atoms with Crippen LogP contribution in [-0.4, -0.2) is 4.98 Å². The molecule has 0 atom stereocenters. The van der Waals surface area contributed by atoms with Gasteiger partial charge in [-0.3, -0.25) is 0 Å². The van der Waals surface area contributed by atoms with E-state index in [2.05, 4.69) is 4.98 Å². The number of halogens is 5. The van der Waals surface area contributed by atoms with Gasteiger partial charge in [-0.25, -0.2) is 9.37 Å². The Bertz CT molecular complexity index is 581. The van der Waals surface area contributed by atoms with E-state index in [1.807, 2.05) is 0 Å². The highest BCUT2D eigenvalue weighted by Gasteiger charge is 2.31. The predicted octanol–water partition coefficient (Wildman–Crippen LogP) is 4.56. The van der Waals surface area contributed by atoms with Gasteiger partial charge in [-0.05, 0) is 24.3 Å². The van der Waals surface area contributed by atoms with Crippen LogP contribution in [0.4, 0.5) is 17.6 Å². The van der Waals surface area contributed by atoms with E-state index in [0.717, 1.165) is 18.2 Å². The molecule has 0 unspecified atom stereocenters. The van der Waals surface area contributed by atoms with Gasteiger partial charge < -0.3 is 0 Å². The first kappa shape index (κ1) is 12.8. The SMILES string of the molecule is Fc1cccc(-c2cc(C(F)(F)F)cc(Cl)n2)c1.